The third-order valence-corrected chi connectivity index (χ3v) is 3.20. The molecule has 0 saturated heterocycles. The average Bonchev–Trinajstić information content (AvgIpc) is 2.56. The minimum absolute atomic E-state index is 0.0527. The Hall–Kier alpha value is -2.40. The van der Waals surface area contributed by atoms with Crippen molar-refractivity contribution >= 4 is 5.91 Å². The zero-order valence-electron chi connectivity index (χ0n) is 12.5. The normalized spacial score (nSPS) is 11.7. The van der Waals surface area contributed by atoms with Crippen LogP contribution in [-0.2, 0) is 17.8 Å². The van der Waals surface area contributed by atoms with Crippen LogP contribution in [0.3, 0.4) is 0 Å². The van der Waals surface area contributed by atoms with Gasteiger partial charge in [-0.3, -0.25) is 9.78 Å². The Labute approximate surface area is 130 Å². The number of pyridine rings is 1. The summed E-state index contributed by atoms with van der Waals surface area (Å²) in [4.78, 5) is 16.0. The first-order valence-electron chi connectivity index (χ1n) is 7.22. The SMILES string of the molecule is CC(Oc1cccc(CO)c1)C(=O)NCCc1cccnc1. The highest BCUT2D eigenvalue weighted by Gasteiger charge is 2.14. The molecule has 0 aliphatic carbocycles. The van der Waals surface area contributed by atoms with Crippen molar-refractivity contribution in [1.29, 1.82) is 0 Å². The van der Waals surface area contributed by atoms with Gasteiger partial charge < -0.3 is 15.2 Å². The predicted molar refractivity (Wildman–Crippen MR) is 83.4 cm³/mol. The summed E-state index contributed by atoms with van der Waals surface area (Å²) in [6, 6.07) is 10.9. The first kappa shape index (κ1) is 16.0. The topological polar surface area (TPSA) is 71.5 Å². The van der Waals surface area contributed by atoms with E-state index in [9.17, 15) is 4.79 Å². The van der Waals surface area contributed by atoms with E-state index in [1.807, 2.05) is 12.1 Å². The van der Waals surface area contributed by atoms with E-state index in [-0.39, 0.29) is 12.5 Å². The number of aromatic nitrogens is 1. The lowest BCUT2D eigenvalue weighted by molar-refractivity contribution is -0.127. The number of hydrogen-bond donors (Lipinski definition) is 2. The van der Waals surface area contributed by atoms with Gasteiger partial charge >= 0.3 is 0 Å². The maximum absolute atomic E-state index is 12.0. The van der Waals surface area contributed by atoms with Crippen LogP contribution in [0.25, 0.3) is 0 Å². The van der Waals surface area contributed by atoms with Crippen LogP contribution < -0.4 is 10.1 Å². The van der Waals surface area contributed by atoms with Gasteiger partial charge in [-0.2, -0.15) is 0 Å². The molecule has 2 N–H and O–H groups in total. The van der Waals surface area contributed by atoms with Crippen LogP contribution >= 0.6 is 0 Å². The summed E-state index contributed by atoms with van der Waals surface area (Å²) in [7, 11) is 0. The number of nitrogens with one attached hydrogen (secondary N) is 1. The first-order chi connectivity index (χ1) is 10.7. The first-order valence-corrected chi connectivity index (χ1v) is 7.22. The van der Waals surface area contributed by atoms with E-state index >= 15 is 0 Å². The van der Waals surface area contributed by atoms with Gasteiger partial charge in [-0.1, -0.05) is 18.2 Å². The molecule has 1 atom stereocenters. The van der Waals surface area contributed by atoms with Crippen LogP contribution in [0.5, 0.6) is 5.75 Å². The molecule has 1 heterocycles. The van der Waals surface area contributed by atoms with Crippen molar-refractivity contribution in [3.8, 4) is 5.75 Å². The van der Waals surface area contributed by atoms with Gasteiger partial charge in [0.2, 0.25) is 0 Å². The summed E-state index contributed by atoms with van der Waals surface area (Å²) >= 11 is 0. The van der Waals surface area contributed by atoms with Crippen LogP contribution in [0.1, 0.15) is 18.1 Å². The fraction of sp³-hybridized carbons (Fsp3) is 0.294. The molecule has 22 heavy (non-hydrogen) atoms. The molecule has 1 amide bonds. The largest absolute Gasteiger partial charge is 0.481 e. The maximum Gasteiger partial charge on any atom is 0.260 e. The number of benzene rings is 1. The van der Waals surface area contributed by atoms with Gasteiger partial charge in [0, 0.05) is 18.9 Å². The Kier molecular flexibility index (Phi) is 5.91. The molecular formula is C17H20N2O3. The number of nitrogens with zero attached hydrogens (tertiary/aromatic N) is 1. The van der Waals surface area contributed by atoms with Crippen LogP contribution in [0.2, 0.25) is 0 Å². The van der Waals surface area contributed by atoms with Crippen molar-refractivity contribution in [3.63, 3.8) is 0 Å². The van der Waals surface area contributed by atoms with E-state index < -0.39 is 6.10 Å². The van der Waals surface area contributed by atoms with Crippen LogP contribution in [0.15, 0.2) is 48.8 Å². The molecule has 1 aromatic carbocycles. The van der Waals surface area contributed by atoms with Crippen molar-refractivity contribution < 1.29 is 14.6 Å². The van der Waals surface area contributed by atoms with Gasteiger partial charge in [0.05, 0.1) is 6.61 Å². The van der Waals surface area contributed by atoms with E-state index in [1.165, 1.54) is 0 Å². The number of hydrogen-bond acceptors (Lipinski definition) is 4. The third kappa shape index (κ3) is 4.86. The molecule has 0 fully saturated rings. The van der Waals surface area contributed by atoms with Gasteiger partial charge in [0.1, 0.15) is 5.75 Å². The number of carbonyl (C=O) groups excluding carboxylic acids is 1. The fourth-order valence-corrected chi connectivity index (χ4v) is 1.99. The van der Waals surface area contributed by atoms with Crippen molar-refractivity contribution in [2.45, 2.75) is 26.1 Å². The molecule has 0 radical (unpaired) electrons. The van der Waals surface area contributed by atoms with Crippen molar-refractivity contribution in [2.24, 2.45) is 0 Å². The van der Waals surface area contributed by atoms with Gasteiger partial charge in [-0.15, -0.1) is 0 Å². The zero-order chi connectivity index (χ0) is 15.8. The van der Waals surface area contributed by atoms with E-state index in [2.05, 4.69) is 10.3 Å². The number of rotatable bonds is 7. The fourth-order valence-electron chi connectivity index (χ4n) is 1.99. The Morgan fingerprint density at radius 2 is 2.14 bits per heavy atom. The highest BCUT2D eigenvalue weighted by atomic mass is 16.5. The van der Waals surface area contributed by atoms with Crippen LogP contribution in [-0.4, -0.2) is 28.6 Å². The second-order valence-corrected chi connectivity index (χ2v) is 4.97. The van der Waals surface area contributed by atoms with E-state index in [1.54, 1.807) is 43.6 Å². The maximum atomic E-state index is 12.0. The second kappa shape index (κ2) is 8.14. The number of aliphatic hydroxyl groups is 1. The van der Waals surface area contributed by atoms with E-state index in [0.717, 1.165) is 17.5 Å². The third-order valence-electron chi connectivity index (χ3n) is 3.20. The van der Waals surface area contributed by atoms with Gasteiger partial charge in [0.25, 0.3) is 5.91 Å². The molecular weight excluding hydrogens is 280 g/mol. The van der Waals surface area contributed by atoms with Gasteiger partial charge in [-0.25, -0.2) is 0 Å². The zero-order valence-corrected chi connectivity index (χ0v) is 12.5. The summed E-state index contributed by atoms with van der Waals surface area (Å²) in [5, 5.41) is 11.9. The van der Waals surface area contributed by atoms with Crippen molar-refractivity contribution in [2.75, 3.05) is 6.54 Å². The van der Waals surface area contributed by atoms with Crippen LogP contribution in [0.4, 0.5) is 0 Å². The standard InChI is InChI=1S/C17H20N2O3/c1-13(22-16-6-2-4-15(10-16)12-20)17(21)19-9-7-14-5-3-8-18-11-14/h2-6,8,10-11,13,20H,7,9,12H2,1H3,(H,19,21). The lowest BCUT2D eigenvalue weighted by atomic mass is 10.2. The Balaban J connectivity index is 1.79. The molecule has 5 nitrogen and oxygen atoms in total. The molecule has 116 valence electrons. The van der Waals surface area contributed by atoms with E-state index in [0.29, 0.717) is 12.3 Å². The summed E-state index contributed by atoms with van der Waals surface area (Å²) < 4.78 is 5.59. The van der Waals surface area contributed by atoms with Crippen molar-refractivity contribution in [1.82, 2.24) is 10.3 Å². The molecule has 2 rings (SSSR count). The molecule has 0 aliphatic rings. The number of aliphatic hydroxyl groups excluding tert-OH is 1. The molecule has 1 unspecified atom stereocenters. The van der Waals surface area contributed by atoms with Crippen LogP contribution in [0, 0.1) is 0 Å². The molecule has 0 bridgehead atoms. The lowest BCUT2D eigenvalue weighted by Crippen LogP contribution is -2.37. The molecule has 0 spiro atoms. The second-order valence-electron chi connectivity index (χ2n) is 4.97. The Morgan fingerprint density at radius 1 is 1.32 bits per heavy atom. The molecule has 1 aromatic heterocycles. The van der Waals surface area contributed by atoms with E-state index in [4.69, 9.17) is 9.84 Å². The average molecular weight is 300 g/mol. The summed E-state index contributed by atoms with van der Waals surface area (Å²) in [6.45, 7) is 2.18. The Morgan fingerprint density at radius 3 is 2.86 bits per heavy atom. The molecule has 2 aromatic rings. The molecule has 0 saturated carbocycles. The summed E-state index contributed by atoms with van der Waals surface area (Å²) in [6.07, 6.45) is 3.64. The summed E-state index contributed by atoms with van der Waals surface area (Å²) in [5.41, 5.74) is 1.83. The number of carbonyl (C=O) groups is 1. The molecule has 5 heteroatoms. The van der Waals surface area contributed by atoms with Gasteiger partial charge in [-0.05, 0) is 42.7 Å². The summed E-state index contributed by atoms with van der Waals surface area (Å²) in [5.74, 6) is 0.403. The van der Waals surface area contributed by atoms with Gasteiger partial charge in [0.15, 0.2) is 6.10 Å². The number of ether oxygens (including phenoxy) is 1. The molecule has 0 aliphatic heterocycles. The quantitative estimate of drug-likeness (QED) is 0.816. The predicted octanol–water partition coefficient (Wildman–Crippen LogP) is 1.70. The lowest BCUT2D eigenvalue weighted by Gasteiger charge is -2.15. The minimum Gasteiger partial charge on any atom is -0.481 e. The number of amides is 1. The smallest absolute Gasteiger partial charge is 0.260 e. The highest BCUT2D eigenvalue weighted by Crippen LogP contribution is 2.15. The highest BCUT2D eigenvalue weighted by molar-refractivity contribution is 5.80. The minimum atomic E-state index is -0.595. The monoisotopic (exact) mass is 300 g/mol. The van der Waals surface area contributed by atoms with Crippen molar-refractivity contribution in [3.05, 3.63) is 59.9 Å². The Bertz CT molecular complexity index is 602.